The van der Waals surface area contributed by atoms with E-state index < -0.39 is 24.0 Å². The molecule has 0 saturated heterocycles. The average Bonchev–Trinajstić information content (AvgIpc) is 2.37. The molecule has 0 unspecified atom stereocenters. The summed E-state index contributed by atoms with van der Waals surface area (Å²) < 4.78 is 14.4. The van der Waals surface area contributed by atoms with Crippen LogP contribution in [0.4, 0.5) is 0 Å². The summed E-state index contributed by atoms with van der Waals surface area (Å²) in [7, 11) is 0. The van der Waals surface area contributed by atoms with Gasteiger partial charge < -0.3 is 14.2 Å². The lowest BCUT2D eigenvalue weighted by molar-refractivity contribution is -0.173. The van der Waals surface area contributed by atoms with E-state index in [2.05, 4.69) is 11.7 Å². The zero-order valence-electron chi connectivity index (χ0n) is 12.5. The monoisotopic (exact) mass is 288 g/mol. The summed E-state index contributed by atoms with van der Waals surface area (Å²) in [6.45, 7) is 4.48. The van der Waals surface area contributed by atoms with Gasteiger partial charge in [-0.1, -0.05) is 32.6 Å². The molecule has 0 radical (unpaired) electrons. The van der Waals surface area contributed by atoms with E-state index in [0.29, 0.717) is 0 Å². The number of hydrogen-bond donors (Lipinski definition) is 0. The third-order valence-electron chi connectivity index (χ3n) is 2.50. The van der Waals surface area contributed by atoms with Crippen molar-refractivity contribution in [1.29, 1.82) is 0 Å². The predicted molar refractivity (Wildman–Crippen MR) is 71.9 cm³/mol. The fraction of sp³-hybridized carbons (Fsp3) is 0.786. The fourth-order valence-electron chi connectivity index (χ4n) is 1.51. The summed E-state index contributed by atoms with van der Waals surface area (Å²) in [6, 6.07) is 0. The fourth-order valence-corrected chi connectivity index (χ4v) is 1.51. The van der Waals surface area contributed by atoms with Gasteiger partial charge >= 0.3 is 17.9 Å². The van der Waals surface area contributed by atoms with Crippen LogP contribution in [-0.2, 0) is 28.6 Å². The molecule has 6 heteroatoms. The first-order valence-electron chi connectivity index (χ1n) is 6.94. The average molecular weight is 288 g/mol. The van der Waals surface area contributed by atoms with Gasteiger partial charge in [0.25, 0.3) is 0 Å². The van der Waals surface area contributed by atoms with Gasteiger partial charge in [-0.2, -0.15) is 0 Å². The molecule has 0 N–H and O–H groups in total. The molecule has 0 aromatic carbocycles. The van der Waals surface area contributed by atoms with Gasteiger partial charge in [0.15, 0.2) is 0 Å². The summed E-state index contributed by atoms with van der Waals surface area (Å²) in [6.07, 6.45) is 3.99. The van der Waals surface area contributed by atoms with Gasteiger partial charge in [-0.15, -0.1) is 0 Å². The molecule has 0 fully saturated rings. The van der Waals surface area contributed by atoms with Crippen molar-refractivity contribution in [2.45, 2.75) is 59.0 Å². The maximum absolute atomic E-state index is 11.7. The summed E-state index contributed by atoms with van der Waals surface area (Å²) in [5.74, 6) is -1.85. The Hall–Kier alpha value is -1.59. The molecule has 0 rings (SSSR count). The van der Waals surface area contributed by atoms with E-state index in [1.165, 1.54) is 13.8 Å². The van der Waals surface area contributed by atoms with E-state index in [1.807, 2.05) is 0 Å². The van der Waals surface area contributed by atoms with Crippen molar-refractivity contribution in [2.75, 3.05) is 13.2 Å². The topological polar surface area (TPSA) is 78.9 Å². The van der Waals surface area contributed by atoms with Crippen LogP contribution in [0.5, 0.6) is 0 Å². The quantitative estimate of drug-likeness (QED) is 0.347. The first kappa shape index (κ1) is 18.4. The standard InChI is InChI=1S/C14H24O6/c1-4-5-6-7-8-9-18-14(17)13(20-12(3)16)10-19-11(2)15/h13H,4-10H2,1-3H3/t13-/m1/s1. The van der Waals surface area contributed by atoms with Crippen molar-refractivity contribution in [1.82, 2.24) is 0 Å². The Bertz CT molecular complexity index is 313. The molecule has 0 bridgehead atoms. The number of hydrogen-bond acceptors (Lipinski definition) is 6. The van der Waals surface area contributed by atoms with Gasteiger partial charge in [0, 0.05) is 13.8 Å². The third kappa shape index (κ3) is 10.3. The lowest BCUT2D eigenvalue weighted by atomic mass is 10.2. The number of carbonyl (C=O) groups is 3. The van der Waals surface area contributed by atoms with Crippen LogP contribution in [0.15, 0.2) is 0 Å². The molecule has 0 aliphatic carbocycles. The van der Waals surface area contributed by atoms with Crippen LogP contribution in [0, 0.1) is 0 Å². The van der Waals surface area contributed by atoms with Crippen LogP contribution in [-0.4, -0.2) is 37.2 Å². The molecule has 20 heavy (non-hydrogen) atoms. The molecule has 116 valence electrons. The largest absolute Gasteiger partial charge is 0.463 e. The molecule has 0 aliphatic rings. The van der Waals surface area contributed by atoms with Gasteiger partial charge in [0.2, 0.25) is 6.10 Å². The van der Waals surface area contributed by atoms with Crippen molar-refractivity contribution in [3.63, 3.8) is 0 Å². The maximum Gasteiger partial charge on any atom is 0.351 e. The molecule has 0 heterocycles. The minimum Gasteiger partial charge on any atom is -0.463 e. The lowest BCUT2D eigenvalue weighted by Gasteiger charge is -2.15. The molecule has 0 amide bonds. The number of carbonyl (C=O) groups excluding carboxylic acids is 3. The minimum atomic E-state index is -1.19. The van der Waals surface area contributed by atoms with E-state index >= 15 is 0 Å². The van der Waals surface area contributed by atoms with Gasteiger partial charge in [0.05, 0.1) is 6.61 Å². The van der Waals surface area contributed by atoms with E-state index in [4.69, 9.17) is 9.47 Å². The smallest absolute Gasteiger partial charge is 0.351 e. The Labute approximate surface area is 119 Å². The van der Waals surface area contributed by atoms with Crippen molar-refractivity contribution in [2.24, 2.45) is 0 Å². The summed E-state index contributed by atoms with van der Waals surface area (Å²) >= 11 is 0. The van der Waals surface area contributed by atoms with Gasteiger partial charge in [-0.25, -0.2) is 4.79 Å². The second kappa shape index (κ2) is 11.3. The van der Waals surface area contributed by atoms with Gasteiger partial charge in [-0.3, -0.25) is 9.59 Å². The third-order valence-corrected chi connectivity index (χ3v) is 2.50. The van der Waals surface area contributed by atoms with Crippen LogP contribution >= 0.6 is 0 Å². The zero-order chi connectivity index (χ0) is 15.4. The zero-order valence-corrected chi connectivity index (χ0v) is 12.5. The minimum absolute atomic E-state index is 0.278. The van der Waals surface area contributed by atoms with E-state index in [9.17, 15) is 14.4 Å². The van der Waals surface area contributed by atoms with E-state index in [0.717, 1.165) is 32.1 Å². The highest BCUT2D eigenvalue weighted by Crippen LogP contribution is 2.04. The van der Waals surface area contributed by atoms with Crippen LogP contribution in [0.1, 0.15) is 52.9 Å². The van der Waals surface area contributed by atoms with Crippen LogP contribution < -0.4 is 0 Å². The van der Waals surface area contributed by atoms with Gasteiger partial charge in [-0.05, 0) is 6.42 Å². The SMILES string of the molecule is CCCCCCCOC(=O)[C@@H](COC(C)=O)OC(C)=O. The van der Waals surface area contributed by atoms with Crippen LogP contribution in [0.2, 0.25) is 0 Å². The number of rotatable bonds is 10. The van der Waals surface area contributed by atoms with Gasteiger partial charge in [0.1, 0.15) is 6.61 Å². The second-order valence-corrected chi connectivity index (χ2v) is 4.48. The maximum atomic E-state index is 11.7. The number of esters is 3. The van der Waals surface area contributed by atoms with Crippen molar-refractivity contribution in [3.8, 4) is 0 Å². The van der Waals surface area contributed by atoms with E-state index in [1.54, 1.807) is 0 Å². The highest BCUT2D eigenvalue weighted by molar-refractivity contribution is 5.79. The molecule has 0 aromatic rings. The molecule has 1 atom stereocenters. The Kier molecular flexibility index (Phi) is 10.4. The Morgan fingerprint density at radius 2 is 1.55 bits per heavy atom. The highest BCUT2D eigenvalue weighted by atomic mass is 16.6. The number of ether oxygens (including phenoxy) is 3. The first-order valence-corrected chi connectivity index (χ1v) is 6.94. The molecule has 0 aliphatic heterocycles. The summed E-state index contributed by atoms with van der Waals surface area (Å²) in [5, 5.41) is 0. The molecular weight excluding hydrogens is 264 g/mol. The Morgan fingerprint density at radius 3 is 2.10 bits per heavy atom. The second-order valence-electron chi connectivity index (χ2n) is 4.48. The van der Waals surface area contributed by atoms with Crippen molar-refractivity contribution < 1.29 is 28.6 Å². The number of unbranched alkanes of at least 4 members (excludes halogenated alkanes) is 4. The van der Waals surface area contributed by atoms with Crippen LogP contribution in [0.3, 0.4) is 0 Å². The molecular formula is C14H24O6. The van der Waals surface area contributed by atoms with E-state index in [-0.39, 0.29) is 13.2 Å². The summed E-state index contributed by atoms with van der Waals surface area (Å²) in [4.78, 5) is 33.3. The predicted octanol–water partition coefficient (Wildman–Crippen LogP) is 1.99. The highest BCUT2D eigenvalue weighted by Gasteiger charge is 2.24. The Morgan fingerprint density at radius 1 is 0.900 bits per heavy atom. The molecule has 0 saturated carbocycles. The van der Waals surface area contributed by atoms with Crippen LogP contribution in [0.25, 0.3) is 0 Å². The molecule has 0 spiro atoms. The van der Waals surface area contributed by atoms with Crippen molar-refractivity contribution >= 4 is 17.9 Å². The normalized spacial score (nSPS) is 11.6. The first-order chi connectivity index (χ1) is 9.47. The molecule has 0 aromatic heterocycles. The lowest BCUT2D eigenvalue weighted by Crippen LogP contribution is -2.33. The van der Waals surface area contributed by atoms with Crippen molar-refractivity contribution in [3.05, 3.63) is 0 Å². The Balaban J connectivity index is 4.00. The summed E-state index contributed by atoms with van der Waals surface area (Å²) in [5.41, 5.74) is 0. The molecule has 6 nitrogen and oxygen atoms in total.